The lowest BCUT2D eigenvalue weighted by Gasteiger charge is -2.01. The maximum atomic E-state index is 4.87. The van der Waals surface area contributed by atoms with E-state index in [0.29, 0.717) is 5.82 Å². The SMILES string of the molecule is C/C=C/c1nc(OC)nc(OC)n1. The molecule has 0 saturated heterocycles. The molecule has 0 unspecified atom stereocenters. The zero-order valence-corrected chi connectivity index (χ0v) is 7.81. The average Bonchev–Trinajstić information content (AvgIpc) is 2.17. The number of aromatic nitrogens is 3. The molecule has 0 radical (unpaired) electrons. The molecule has 0 spiro atoms. The molecule has 0 atom stereocenters. The molecular formula is C8H11N3O2. The van der Waals surface area contributed by atoms with Gasteiger partial charge in [0.05, 0.1) is 14.2 Å². The maximum Gasteiger partial charge on any atom is 0.322 e. The zero-order chi connectivity index (χ0) is 9.68. The molecule has 70 valence electrons. The van der Waals surface area contributed by atoms with Gasteiger partial charge in [-0.1, -0.05) is 6.08 Å². The monoisotopic (exact) mass is 181 g/mol. The molecule has 1 rings (SSSR count). The second-order valence-corrected chi connectivity index (χ2v) is 2.17. The smallest absolute Gasteiger partial charge is 0.322 e. The summed E-state index contributed by atoms with van der Waals surface area (Å²) in [5.41, 5.74) is 0. The second kappa shape index (κ2) is 4.39. The first-order valence-electron chi connectivity index (χ1n) is 3.77. The van der Waals surface area contributed by atoms with Gasteiger partial charge in [-0.3, -0.25) is 0 Å². The number of nitrogens with zero attached hydrogens (tertiary/aromatic N) is 3. The van der Waals surface area contributed by atoms with E-state index in [4.69, 9.17) is 9.47 Å². The highest BCUT2D eigenvalue weighted by Gasteiger charge is 2.03. The van der Waals surface area contributed by atoms with Crippen LogP contribution >= 0.6 is 0 Å². The first-order valence-corrected chi connectivity index (χ1v) is 3.77. The first kappa shape index (κ1) is 9.44. The Labute approximate surface area is 76.5 Å². The normalized spacial score (nSPS) is 10.4. The number of rotatable bonds is 3. The van der Waals surface area contributed by atoms with Gasteiger partial charge in [0.1, 0.15) is 0 Å². The maximum absolute atomic E-state index is 4.87. The summed E-state index contributed by atoms with van der Waals surface area (Å²) in [6.45, 7) is 1.88. The van der Waals surface area contributed by atoms with Gasteiger partial charge in [-0.2, -0.15) is 9.97 Å². The Morgan fingerprint density at radius 1 is 1.00 bits per heavy atom. The molecule has 0 aliphatic rings. The molecule has 1 aromatic rings. The van der Waals surface area contributed by atoms with Gasteiger partial charge in [-0.15, -0.1) is 4.98 Å². The summed E-state index contributed by atoms with van der Waals surface area (Å²) in [6, 6.07) is 0.500. The minimum atomic E-state index is 0.250. The molecule has 13 heavy (non-hydrogen) atoms. The van der Waals surface area contributed by atoms with Crippen molar-refractivity contribution < 1.29 is 9.47 Å². The van der Waals surface area contributed by atoms with Gasteiger partial charge in [0, 0.05) is 0 Å². The predicted octanol–water partition coefficient (Wildman–Crippen LogP) is 0.922. The molecule has 5 heteroatoms. The predicted molar refractivity (Wildman–Crippen MR) is 47.6 cm³/mol. The summed E-state index contributed by atoms with van der Waals surface area (Å²) >= 11 is 0. The molecule has 1 heterocycles. The van der Waals surface area contributed by atoms with Crippen molar-refractivity contribution in [2.45, 2.75) is 6.92 Å². The fourth-order valence-electron chi connectivity index (χ4n) is 0.759. The summed E-state index contributed by atoms with van der Waals surface area (Å²) < 4.78 is 9.74. The third-order valence-electron chi connectivity index (χ3n) is 1.29. The van der Waals surface area contributed by atoms with E-state index in [1.807, 2.05) is 13.0 Å². The van der Waals surface area contributed by atoms with Crippen LogP contribution in [0, 0.1) is 0 Å². The van der Waals surface area contributed by atoms with Crippen LogP contribution in [0.2, 0.25) is 0 Å². The van der Waals surface area contributed by atoms with Crippen molar-refractivity contribution >= 4 is 6.08 Å². The Morgan fingerprint density at radius 3 is 1.92 bits per heavy atom. The van der Waals surface area contributed by atoms with E-state index in [1.54, 1.807) is 6.08 Å². The van der Waals surface area contributed by atoms with Crippen LogP contribution in [-0.4, -0.2) is 29.2 Å². The van der Waals surface area contributed by atoms with Crippen molar-refractivity contribution in [2.24, 2.45) is 0 Å². The van der Waals surface area contributed by atoms with Crippen LogP contribution in [0.1, 0.15) is 12.7 Å². The van der Waals surface area contributed by atoms with Crippen molar-refractivity contribution in [1.29, 1.82) is 0 Å². The summed E-state index contributed by atoms with van der Waals surface area (Å²) in [6.07, 6.45) is 3.57. The molecule has 5 nitrogen and oxygen atoms in total. The standard InChI is InChI=1S/C8H11N3O2/c1-4-5-6-9-7(12-2)11-8(10-6)13-3/h4-5H,1-3H3/b5-4+. The highest BCUT2D eigenvalue weighted by Crippen LogP contribution is 2.09. The van der Waals surface area contributed by atoms with E-state index in [1.165, 1.54) is 14.2 Å². The third-order valence-corrected chi connectivity index (χ3v) is 1.29. The number of methoxy groups -OCH3 is 2. The highest BCUT2D eigenvalue weighted by molar-refractivity contribution is 5.39. The van der Waals surface area contributed by atoms with E-state index in [0.717, 1.165) is 0 Å². The van der Waals surface area contributed by atoms with E-state index in [-0.39, 0.29) is 12.0 Å². The molecule has 0 aromatic carbocycles. The van der Waals surface area contributed by atoms with Crippen LogP contribution in [0.25, 0.3) is 6.08 Å². The Kier molecular flexibility index (Phi) is 3.19. The van der Waals surface area contributed by atoms with Gasteiger partial charge in [0.15, 0.2) is 5.82 Å². The number of ether oxygens (including phenoxy) is 2. The fourth-order valence-corrected chi connectivity index (χ4v) is 0.759. The molecule has 0 aliphatic carbocycles. The molecule has 0 fully saturated rings. The molecule has 0 aliphatic heterocycles. The van der Waals surface area contributed by atoms with E-state index in [9.17, 15) is 0 Å². The molecule has 0 amide bonds. The third kappa shape index (κ3) is 2.40. The Bertz CT molecular complexity index is 290. The minimum absolute atomic E-state index is 0.250. The van der Waals surface area contributed by atoms with Crippen LogP contribution in [0.4, 0.5) is 0 Å². The van der Waals surface area contributed by atoms with Crippen LogP contribution in [0.15, 0.2) is 6.08 Å². The van der Waals surface area contributed by atoms with E-state index in [2.05, 4.69) is 15.0 Å². The number of hydrogen-bond acceptors (Lipinski definition) is 5. The van der Waals surface area contributed by atoms with Crippen LogP contribution < -0.4 is 9.47 Å². The Balaban J connectivity index is 3.07. The zero-order valence-electron chi connectivity index (χ0n) is 7.81. The van der Waals surface area contributed by atoms with Crippen molar-refractivity contribution in [2.75, 3.05) is 14.2 Å². The quantitative estimate of drug-likeness (QED) is 0.694. The van der Waals surface area contributed by atoms with Crippen molar-refractivity contribution in [1.82, 2.24) is 15.0 Å². The van der Waals surface area contributed by atoms with Gasteiger partial charge in [-0.25, -0.2) is 0 Å². The number of allylic oxidation sites excluding steroid dienone is 1. The largest absolute Gasteiger partial charge is 0.467 e. The lowest BCUT2D eigenvalue weighted by atomic mass is 10.5. The summed E-state index contributed by atoms with van der Waals surface area (Å²) in [4.78, 5) is 11.8. The first-order chi connectivity index (χ1) is 6.30. The van der Waals surface area contributed by atoms with E-state index < -0.39 is 0 Å². The minimum Gasteiger partial charge on any atom is -0.467 e. The summed E-state index contributed by atoms with van der Waals surface area (Å²) in [5, 5.41) is 0. The average molecular weight is 181 g/mol. The van der Waals surface area contributed by atoms with Gasteiger partial charge >= 0.3 is 12.0 Å². The van der Waals surface area contributed by atoms with Crippen LogP contribution in [-0.2, 0) is 0 Å². The van der Waals surface area contributed by atoms with Gasteiger partial charge in [-0.05, 0) is 13.0 Å². The molecule has 1 aromatic heterocycles. The molecular weight excluding hydrogens is 170 g/mol. The number of hydrogen-bond donors (Lipinski definition) is 0. The summed E-state index contributed by atoms with van der Waals surface area (Å²) in [5.74, 6) is 0.520. The van der Waals surface area contributed by atoms with Gasteiger partial charge < -0.3 is 9.47 Å². The Hall–Kier alpha value is -1.65. The van der Waals surface area contributed by atoms with Gasteiger partial charge in [0.2, 0.25) is 0 Å². The molecule has 0 N–H and O–H groups in total. The van der Waals surface area contributed by atoms with Crippen molar-refractivity contribution in [3.63, 3.8) is 0 Å². The second-order valence-electron chi connectivity index (χ2n) is 2.17. The Morgan fingerprint density at radius 2 is 1.54 bits per heavy atom. The lowest BCUT2D eigenvalue weighted by Crippen LogP contribution is -2.00. The molecule has 0 bridgehead atoms. The fraction of sp³-hybridized carbons (Fsp3) is 0.375. The van der Waals surface area contributed by atoms with Crippen molar-refractivity contribution in [3.05, 3.63) is 11.9 Å². The van der Waals surface area contributed by atoms with Crippen molar-refractivity contribution in [3.8, 4) is 12.0 Å². The highest BCUT2D eigenvalue weighted by atomic mass is 16.5. The summed E-state index contributed by atoms with van der Waals surface area (Å²) in [7, 11) is 2.99. The van der Waals surface area contributed by atoms with Crippen LogP contribution in [0.3, 0.4) is 0 Å². The van der Waals surface area contributed by atoms with Crippen LogP contribution in [0.5, 0.6) is 12.0 Å². The molecule has 0 saturated carbocycles. The lowest BCUT2D eigenvalue weighted by molar-refractivity contribution is 0.339. The van der Waals surface area contributed by atoms with Gasteiger partial charge in [0.25, 0.3) is 0 Å². The topological polar surface area (TPSA) is 57.1 Å². The van der Waals surface area contributed by atoms with E-state index >= 15 is 0 Å².